The number of nitrogens with zero attached hydrogens (tertiary/aromatic N) is 1. The van der Waals surface area contributed by atoms with Gasteiger partial charge >= 0.3 is 0 Å². The zero-order valence-electron chi connectivity index (χ0n) is 12.0. The van der Waals surface area contributed by atoms with Crippen molar-refractivity contribution < 1.29 is 9.72 Å². The third-order valence-corrected chi connectivity index (χ3v) is 5.02. The van der Waals surface area contributed by atoms with Crippen molar-refractivity contribution in [3.8, 4) is 0 Å². The number of carbonyl (C=O) groups excluding carboxylic acids is 1. The molecule has 1 fully saturated rings. The summed E-state index contributed by atoms with van der Waals surface area (Å²) in [5, 5.41) is 13.9. The predicted octanol–water partition coefficient (Wildman–Crippen LogP) is 3.73. The third-order valence-electron chi connectivity index (χ3n) is 3.92. The average molecular weight is 355 g/mol. The number of nitro benzene ring substituents is 1. The van der Waals surface area contributed by atoms with Gasteiger partial charge in [-0.15, -0.1) is 0 Å². The van der Waals surface area contributed by atoms with Crippen LogP contribution < -0.4 is 5.32 Å². The molecular formula is C15H19BrN2O3. The molecule has 1 N–H and O–H groups in total. The molecule has 0 bridgehead atoms. The Kier molecular flexibility index (Phi) is 5.33. The van der Waals surface area contributed by atoms with Crippen molar-refractivity contribution in [3.05, 3.63) is 39.4 Å². The first kappa shape index (κ1) is 15.9. The van der Waals surface area contributed by atoms with Crippen molar-refractivity contribution in [1.82, 2.24) is 5.32 Å². The lowest BCUT2D eigenvalue weighted by atomic mass is 10.0. The van der Waals surface area contributed by atoms with Crippen LogP contribution in [0, 0.1) is 17.0 Å². The molecule has 21 heavy (non-hydrogen) atoms. The van der Waals surface area contributed by atoms with Gasteiger partial charge in [-0.2, -0.15) is 0 Å². The topological polar surface area (TPSA) is 72.2 Å². The highest BCUT2D eigenvalue weighted by Gasteiger charge is 2.24. The maximum absolute atomic E-state index is 12.4. The minimum atomic E-state index is -0.477. The summed E-state index contributed by atoms with van der Waals surface area (Å²) in [5.41, 5.74) is 1.08. The number of hydrogen-bond acceptors (Lipinski definition) is 3. The van der Waals surface area contributed by atoms with E-state index in [1.54, 1.807) is 13.0 Å². The fourth-order valence-corrected chi connectivity index (χ4v) is 3.36. The second-order valence-corrected chi connectivity index (χ2v) is 6.67. The smallest absolute Gasteiger partial charge is 0.270 e. The van der Waals surface area contributed by atoms with Gasteiger partial charge in [0.1, 0.15) is 0 Å². The van der Waals surface area contributed by atoms with Gasteiger partial charge in [-0.3, -0.25) is 14.9 Å². The molecule has 1 amide bonds. The van der Waals surface area contributed by atoms with Gasteiger partial charge in [-0.1, -0.05) is 41.3 Å². The number of hydrogen-bond donors (Lipinski definition) is 1. The van der Waals surface area contributed by atoms with E-state index in [1.807, 2.05) is 0 Å². The van der Waals surface area contributed by atoms with E-state index >= 15 is 0 Å². The van der Waals surface area contributed by atoms with Crippen LogP contribution in [0.25, 0.3) is 0 Å². The second kappa shape index (κ2) is 7.02. The van der Waals surface area contributed by atoms with Crippen LogP contribution in [0.5, 0.6) is 0 Å². The summed E-state index contributed by atoms with van der Waals surface area (Å²) in [7, 11) is 0. The Labute approximate surface area is 132 Å². The molecule has 114 valence electrons. The summed E-state index contributed by atoms with van der Waals surface area (Å²) in [5.74, 6) is -0.229. The maximum atomic E-state index is 12.4. The predicted molar refractivity (Wildman–Crippen MR) is 84.9 cm³/mol. The van der Waals surface area contributed by atoms with Gasteiger partial charge in [0.25, 0.3) is 11.6 Å². The SMILES string of the molecule is Cc1ccc([N+](=O)[O-])cc1C(=O)NC1CCCCCC1Br. The molecular weight excluding hydrogens is 336 g/mol. The van der Waals surface area contributed by atoms with E-state index in [4.69, 9.17) is 0 Å². The van der Waals surface area contributed by atoms with Gasteiger partial charge in [0.15, 0.2) is 0 Å². The van der Waals surface area contributed by atoms with Crippen molar-refractivity contribution in [3.63, 3.8) is 0 Å². The molecule has 2 atom stereocenters. The molecule has 0 heterocycles. The Balaban J connectivity index is 2.15. The van der Waals surface area contributed by atoms with Crippen LogP contribution in [-0.4, -0.2) is 21.7 Å². The molecule has 5 nitrogen and oxygen atoms in total. The zero-order chi connectivity index (χ0) is 15.4. The van der Waals surface area contributed by atoms with Crippen molar-refractivity contribution >= 4 is 27.5 Å². The van der Waals surface area contributed by atoms with Crippen LogP contribution in [0.1, 0.15) is 48.0 Å². The van der Waals surface area contributed by atoms with E-state index in [9.17, 15) is 14.9 Å². The molecule has 1 aromatic carbocycles. The molecule has 0 saturated heterocycles. The van der Waals surface area contributed by atoms with Crippen LogP contribution in [0.4, 0.5) is 5.69 Å². The molecule has 1 aromatic rings. The van der Waals surface area contributed by atoms with Gasteiger partial charge in [-0.05, 0) is 25.3 Å². The first-order chi connectivity index (χ1) is 9.99. The minimum Gasteiger partial charge on any atom is -0.348 e. The van der Waals surface area contributed by atoms with Gasteiger partial charge in [-0.25, -0.2) is 0 Å². The van der Waals surface area contributed by atoms with Crippen LogP contribution in [0.15, 0.2) is 18.2 Å². The number of halogens is 1. The Morgan fingerprint density at radius 2 is 2.05 bits per heavy atom. The van der Waals surface area contributed by atoms with Gasteiger partial charge < -0.3 is 5.32 Å². The Morgan fingerprint density at radius 3 is 2.76 bits per heavy atom. The van der Waals surface area contributed by atoms with Crippen LogP contribution in [0.2, 0.25) is 0 Å². The highest BCUT2D eigenvalue weighted by molar-refractivity contribution is 9.09. The molecule has 2 unspecified atom stereocenters. The normalized spacial score (nSPS) is 22.4. The van der Waals surface area contributed by atoms with Gasteiger partial charge in [0, 0.05) is 28.6 Å². The van der Waals surface area contributed by atoms with E-state index in [0.717, 1.165) is 31.2 Å². The summed E-state index contributed by atoms with van der Waals surface area (Å²) in [4.78, 5) is 23.0. The summed E-state index contributed by atoms with van der Waals surface area (Å²) in [6, 6.07) is 4.47. The second-order valence-electron chi connectivity index (χ2n) is 5.49. The van der Waals surface area contributed by atoms with E-state index < -0.39 is 4.92 Å². The first-order valence-electron chi connectivity index (χ1n) is 7.19. The molecule has 0 aromatic heterocycles. The van der Waals surface area contributed by atoms with Crippen LogP contribution in [0.3, 0.4) is 0 Å². The molecule has 1 saturated carbocycles. The lowest BCUT2D eigenvalue weighted by molar-refractivity contribution is -0.384. The number of nitrogens with one attached hydrogen (secondary N) is 1. The van der Waals surface area contributed by atoms with Crippen molar-refractivity contribution in [1.29, 1.82) is 0 Å². The fourth-order valence-electron chi connectivity index (χ4n) is 2.64. The summed E-state index contributed by atoms with van der Waals surface area (Å²) >= 11 is 3.64. The molecule has 0 aliphatic heterocycles. The highest BCUT2D eigenvalue weighted by atomic mass is 79.9. The average Bonchev–Trinajstić information content (AvgIpc) is 2.64. The number of alkyl halides is 1. The number of rotatable bonds is 3. The highest BCUT2D eigenvalue weighted by Crippen LogP contribution is 2.24. The van der Waals surface area contributed by atoms with Crippen molar-refractivity contribution in [2.75, 3.05) is 0 Å². The number of nitro groups is 1. The standard InChI is InChI=1S/C15H19BrN2O3/c1-10-7-8-11(18(20)21)9-12(10)15(19)17-14-6-4-2-3-5-13(14)16/h7-9,13-14H,2-6H2,1H3,(H,17,19). The summed E-state index contributed by atoms with van der Waals surface area (Å²) in [6.07, 6.45) is 5.43. The van der Waals surface area contributed by atoms with Crippen LogP contribution in [-0.2, 0) is 0 Å². The quantitative estimate of drug-likeness (QED) is 0.389. The molecule has 2 rings (SSSR count). The monoisotopic (exact) mass is 354 g/mol. The maximum Gasteiger partial charge on any atom is 0.270 e. The zero-order valence-corrected chi connectivity index (χ0v) is 13.6. The number of amides is 1. The molecule has 0 spiro atoms. The molecule has 1 aliphatic rings. The van der Waals surface area contributed by atoms with E-state index in [0.29, 0.717) is 5.56 Å². The largest absolute Gasteiger partial charge is 0.348 e. The lowest BCUT2D eigenvalue weighted by Crippen LogP contribution is -2.40. The first-order valence-corrected chi connectivity index (χ1v) is 8.10. The number of aryl methyl sites for hydroxylation is 1. The van der Waals surface area contributed by atoms with Crippen molar-refractivity contribution in [2.24, 2.45) is 0 Å². The fraction of sp³-hybridized carbons (Fsp3) is 0.533. The number of carbonyl (C=O) groups is 1. The number of non-ortho nitro benzene ring substituents is 1. The summed E-state index contributed by atoms with van der Waals surface area (Å²) < 4.78 is 0. The van der Waals surface area contributed by atoms with E-state index in [2.05, 4.69) is 21.2 Å². The summed E-state index contributed by atoms with van der Waals surface area (Å²) in [6.45, 7) is 1.79. The van der Waals surface area contributed by atoms with Gasteiger partial charge in [0.05, 0.1) is 4.92 Å². The van der Waals surface area contributed by atoms with Gasteiger partial charge in [0.2, 0.25) is 0 Å². The van der Waals surface area contributed by atoms with E-state index in [1.165, 1.54) is 18.6 Å². The van der Waals surface area contributed by atoms with E-state index in [-0.39, 0.29) is 22.5 Å². The minimum absolute atomic E-state index is 0.0537. The Morgan fingerprint density at radius 1 is 1.33 bits per heavy atom. The van der Waals surface area contributed by atoms with Crippen molar-refractivity contribution in [2.45, 2.75) is 49.9 Å². The Bertz CT molecular complexity index is 548. The van der Waals surface area contributed by atoms with Crippen LogP contribution >= 0.6 is 15.9 Å². The molecule has 1 aliphatic carbocycles. The lowest BCUT2D eigenvalue weighted by Gasteiger charge is -2.21. The Hall–Kier alpha value is -1.43. The molecule has 0 radical (unpaired) electrons. The third kappa shape index (κ3) is 4.03. The number of benzene rings is 1. The molecule has 6 heteroatoms.